The highest BCUT2D eigenvalue weighted by Gasteiger charge is 2.06. The van der Waals surface area contributed by atoms with Gasteiger partial charge < -0.3 is 4.98 Å². The number of fused-ring (bicyclic) bond motifs is 1. The monoisotopic (exact) mass is 321 g/mol. The van der Waals surface area contributed by atoms with Crippen LogP contribution in [0.4, 0.5) is 0 Å². The van der Waals surface area contributed by atoms with Gasteiger partial charge in [0, 0.05) is 16.1 Å². The van der Waals surface area contributed by atoms with Crippen molar-refractivity contribution in [2.45, 2.75) is 6.92 Å². The van der Waals surface area contributed by atoms with E-state index in [0.29, 0.717) is 5.02 Å². The first-order valence-electron chi connectivity index (χ1n) is 7.11. The molecule has 0 saturated heterocycles. The summed E-state index contributed by atoms with van der Waals surface area (Å²) in [6.45, 7) is 1.88. The summed E-state index contributed by atoms with van der Waals surface area (Å²) in [6, 6.07) is 13.5. The van der Waals surface area contributed by atoms with E-state index in [-0.39, 0.29) is 0 Å². The van der Waals surface area contributed by atoms with Gasteiger partial charge in [-0.2, -0.15) is 0 Å². The lowest BCUT2D eigenvalue weighted by molar-refractivity contribution is 1.04. The zero-order valence-corrected chi connectivity index (χ0v) is 13.0. The van der Waals surface area contributed by atoms with Gasteiger partial charge in [-0.3, -0.25) is 4.98 Å². The smallest absolute Gasteiger partial charge is 0.161 e. The van der Waals surface area contributed by atoms with Crippen LogP contribution < -0.4 is 0 Å². The Morgan fingerprint density at radius 3 is 2.43 bits per heavy atom. The van der Waals surface area contributed by atoms with Crippen LogP contribution in [-0.4, -0.2) is 25.1 Å². The average Bonchev–Trinajstić information content (AvgIpc) is 3.01. The van der Waals surface area contributed by atoms with Crippen LogP contribution in [0.1, 0.15) is 5.82 Å². The minimum absolute atomic E-state index is 0.659. The highest BCUT2D eigenvalue weighted by molar-refractivity contribution is 6.31. The summed E-state index contributed by atoms with van der Waals surface area (Å²) in [7, 11) is 0. The Bertz CT molecular complexity index is 991. The molecule has 1 N–H and O–H groups in total. The van der Waals surface area contributed by atoms with E-state index in [0.717, 1.165) is 39.5 Å². The van der Waals surface area contributed by atoms with Crippen molar-refractivity contribution in [2.24, 2.45) is 0 Å². The molecule has 0 unspecified atom stereocenters. The number of hydrogen-bond donors (Lipinski definition) is 1. The van der Waals surface area contributed by atoms with E-state index in [2.05, 4.69) is 25.1 Å². The third kappa shape index (κ3) is 2.66. The summed E-state index contributed by atoms with van der Waals surface area (Å²) in [5.41, 5.74) is 4.40. The van der Waals surface area contributed by atoms with Crippen LogP contribution in [0.2, 0.25) is 5.02 Å². The van der Waals surface area contributed by atoms with Gasteiger partial charge in [-0.1, -0.05) is 35.9 Å². The highest BCUT2D eigenvalue weighted by atomic mass is 35.5. The summed E-state index contributed by atoms with van der Waals surface area (Å²) in [5, 5.41) is 8.73. The maximum atomic E-state index is 5.97. The molecule has 112 valence electrons. The number of nitrogens with zero attached hydrogens (tertiary/aromatic N) is 4. The van der Waals surface area contributed by atoms with Gasteiger partial charge in [-0.25, -0.2) is 4.98 Å². The molecule has 2 aromatic heterocycles. The Kier molecular flexibility index (Phi) is 3.28. The Balaban J connectivity index is 1.71. The molecule has 0 fully saturated rings. The van der Waals surface area contributed by atoms with Gasteiger partial charge in [-0.05, 0) is 25.1 Å². The van der Waals surface area contributed by atoms with Crippen molar-refractivity contribution < 1.29 is 0 Å². The molecule has 6 heteroatoms. The molecule has 0 bridgehead atoms. The van der Waals surface area contributed by atoms with E-state index in [1.807, 2.05) is 49.4 Å². The van der Waals surface area contributed by atoms with Gasteiger partial charge in [0.15, 0.2) is 5.82 Å². The van der Waals surface area contributed by atoms with Crippen molar-refractivity contribution in [3.8, 4) is 22.6 Å². The van der Waals surface area contributed by atoms with E-state index in [4.69, 9.17) is 11.6 Å². The lowest BCUT2D eigenvalue weighted by Crippen LogP contribution is -1.89. The average molecular weight is 322 g/mol. The molecule has 0 aliphatic rings. The lowest BCUT2D eigenvalue weighted by atomic mass is 10.1. The molecule has 0 radical (unpaired) electrons. The third-order valence-electron chi connectivity index (χ3n) is 3.56. The molecule has 0 aliphatic carbocycles. The number of aromatic nitrogens is 5. The zero-order chi connectivity index (χ0) is 15.8. The van der Waals surface area contributed by atoms with Crippen LogP contribution in [-0.2, 0) is 0 Å². The largest absolute Gasteiger partial charge is 0.325 e. The maximum Gasteiger partial charge on any atom is 0.161 e. The first-order valence-corrected chi connectivity index (χ1v) is 7.49. The number of hydrogen-bond acceptors (Lipinski definition) is 4. The van der Waals surface area contributed by atoms with Gasteiger partial charge in [0.25, 0.3) is 0 Å². The van der Waals surface area contributed by atoms with Crippen LogP contribution in [0.25, 0.3) is 33.7 Å². The first kappa shape index (κ1) is 13.8. The van der Waals surface area contributed by atoms with Crippen LogP contribution in [0, 0.1) is 6.92 Å². The Morgan fingerprint density at radius 1 is 0.913 bits per heavy atom. The van der Waals surface area contributed by atoms with Gasteiger partial charge in [0.05, 0.1) is 22.9 Å². The van der Waals surface area contributed by atoms with Crippen molar-refractivity contribution in [1.29, 1.82) is 0 Å². The van der Waals surface area contributed by atoms with E-state index in [1.54, 1.807) is 6.20 Å². The fourth-order valence-electron chi connectivity index (χ4n) is 2.40. The summed E-state index contributed by atoms with van der Waals surface area (Å²) in [4.78, 5) is 12.2. The Hall–Kier alpha value is -2.79. The summed E-state index contributed by atoms with van der Waals surface area (Å²) in [5.74, 6) is 1.55. The molecule has 0 spiro atoms. The molecule has 0 saturated carbocycles. The van der Waals surface area contributed by atoms with Crippen molar-refractivity contribution >= 4 is 22.6 Å². The molecule has 0 aliphatic heterocycles. The fourth-order valence-corrected chi connectivity index (χ4v) is 2.56. The molecule has 5 nitrogen and oxygen atoms in total. The number of aryl methyl sites for hydroxylation is 1. The van der Waals surface area contributed by atoms with Crippen LogP contribution >= 0.6 is 11.6 Å². The zero-order valence-electron chi connectivity index (χ0n) is 12.3. The Labute approximate surface area is 137 Å². The molecule has 0 amide bonds. The molecular weight excluding hydrogens is 310 g/mol. The summed E-state index contributed by atoms with van der Waals surface area (Å²) < 4.78 is 0. The van der Waals surface area contributed by atoms with Crippen molar-refractivity contribution in [2.75, 3.05) is 0 Å². The minimum atomic E-state index is 0.659. The molecule has 2 heterocycles. The van der Waals surface area contributed by atoms with Gasteiger partial charge in [-0.15, -0.1) is 10.2 Å². The number of benzene rings is 2. The van der Waals surface area contributed by atoms with Crippen LogP contribution in [0.5, 0.6) is 0 Å². The highest BCUT2D eigenvalue weighted by Crippen LogP contribution is 2.23. The number of aromatic amines is 1. The number of nitrogens with one attached hydrogen (secondary N) is 1. The summed E-state index contributed by atoms with van der Waals surface area (Å²) >= 11 is 5.97. The molecule has 23 heavy (non-hydrogen) atoms. The van der Waals surface area contributed by atoms with Gasteiger partial charge >= 0.3 is 0 Å². The number of rotatable bonds is 2. The van der Waals surface area contributed by atoms with Gasteiger partial charge in [0.2, 0.25) is 0 Å². The minimum Gasteiger partial charge on any atom is -0.325 e. The SMILES string of the molecule is Cc1nnc(-c2ccc(-c3cnc4cc(Cl)ccc4n3)cc2)[nH]1. The second kappa shape index (κ2) is 5.44. The normalized spacial score (nSPS) is 11.0. The predicted molar refractivity (Wildman–Crippen MR) is 90.1 cm³/mol. The number of halogens is 1. The van der Waals surface area contributed by atoms with E-state index >= 15 is 0 Å². The quantitative estimate of drug-likeness (QED) is 0.605. The first-order chi connectivity index (χ1) is 11.2. The fraction of sp³-hybridized carbons (Fsp3) is 0.0588. The van der Waals surface area contributed by atoms with Crippen molar-refractivity contribution in [3.05, 3.63) is 59.5 Å². The number of H-pyrrole nitrogens is 1. The second-order valence-corrected chi connectivity index (χ2v) is 5.66. The Morgan fingerprint density at radius 2 is 1.70 bits per heavy atom. The second-order valence-electron chi connectivity index (χ2n) is 5.22. The van der Waals surface area contributed by atoms with Gasteiger partial charge in [0.1, 0.15) is 5.82 Å². The maximum absolute atomic E-state index is 5.97. The van der Waals surface area contributed by atoms with Crippen LogP contribution in [0.3, 0.4) is 0 Å². The molecule has 0 atom stereocenters. The molecule has 4 rings (SSSR count). The molecular formula is C17H12ClN5. The lowest BCUT2D eigenvalue weighted by Gasteiger charge is -2.04. The van der Waals surface area contributed by atoms with Crippen molar-refractivity contribution in [1.82, 2.24) is 25.1 Å². The standard InChI is InChI=1S/C17H12ClN5/c1-10-20-17(23-22-10)12-4-2-11(3-5-12)16-9-19-15-8-13(18)6-7-14(15)21-16/h2-9H,1H3,(H,20,22,23). The van der Waals surface area contributed by atoms with E-state index in [1.165, 1.54) is 0 Å². The van der Waals surface area contributed by atoms with Crippen LogP contribution in [0.15, 0.2) is 48.7 Å². The third-order valence-corrected chi connectivity index (χ3v) is 3.79. The van der Waals surface area contributed by atoms with E-state index < -0.39 is 0 Å². The van der Waals surface area contributed by atoms with Crippen molar-refractivity contribution in [3.63, 3.8) is 0 Å². The summed E-state index contributed by atoms with van der Waals surface area (Å²) in [6.07, 6.45) is 1.76. The molecule has 2 aromatic carbocycles. The van der Waals surface area contributed by atoms with E-state index in [9.17, 15) is 0 Å². The topological polar surface area (TPSA) is 67.3 Å². The predicted octanol–water partition coefficient (Wildman–Crippen LogP) is 4.04. The molecule has 4 aromatic rings.